The molecule has 0 radical (unpaired) electrons. The normalized spacial score (nSPS) is 24.3. The standard InChI is InChI=1S/C40H42N2O6/c1-26-36(23-41-21-7-9-32(41)25-46-2)47-40(48-37(26)29-15-13-27(24-43)14-16-29)30-19-17-28(18-20-30)33-10-4-3-8-31(33)22-42-38(44)34-11-5-6-12-35(34)39(42)45/h3-6,8,10-20,26,32,36-37,40,43H,7,9,21-25H2,1-2H3/t26-,32+,36+,37+,40+/m1/s1. The zero-order chi connectivity index (χ0) is 33.2. The van der Waals surface area contributed by atoms with Crippen LogP contribution in [0.4, 0.5) is 0 Å². The molecule has 8 nitrogen and oxygen atoms in total. The Morgan fingerprint density at radius 2 is 1.46 bits per heavy atom. The minimum atomic E-state index is -0.570. The number of nitrogens with zero attached hydrogens (tertiary/aromatic N) is 2. The van der Waals surface area contributed by atoms with Crippen molar-refractivity contribution < 1.29 is 28.9 Å². The molecular weight excluding hydrogens is 604 g/mol. The predicted octanol–water partition coefficient (Wildman–Crippen LogP) is 6.54. The summed E-state index contributed by atoms with van der Waals surface area (Å²) in [5.74, 6) is -0.434. The summed E-state index contributed by atoms with van der Waals surface area (Å²) >= 11 is 0. The summed E-state index contributed by atoms with van der Waals surface area (Å²) in [6, 6.07) is 31.4. The van der Waals surface area contributed by atoms with Crippen LogP contribution in [0.25, 0.3) is 11.1 Å². The highest BCUT2D eigenvalue weighted by molar-refractivity contribution is 6.21. The number of aliphatic hydroxyl groups excluding tert-OH is 1. The van der Waals surface area contributed by atoms with Gasteiger partial charge in [-0.2, -0.15) is 0 Å². The van der Waals surface area contributed by atoms with E-state index in [0.717, 1.165) is 59.3 Å². The van der Waals surface area contributed by atoms with Crippen LogP contribution in [0.3, 0.4) is 0 Å². The first-order valence-electron chi connectivity index (χ1n) is 16.8. The van der Waals surface area contributed by atoms with E-state index in [2.05, 4.69) is 24.0 Å². The van der Waals surface area contributed by atoms with Crippen molar-refractivity contribution in [3.05, 3.63) is 130 Å². The monoisotopic (exact) mass is 646 g/mol. The number of benzene rings is 4. The van der Waals surface area contributed by atoms with Crippen molar-refractivity contribution in [2.24, 2.45) is 5.92 Å². The van der Waals surface area contributed by atoms with Gasteiger partial charge in [0, 0.05) is 31.2 Å². The number of amides is 2. The van der Waals surface area contributed by atoms with Gasteiger partial charge in [0.05, 0.1) is 43.1 Å². The molecule has 7 rings (SSSR count). The van der Waals surface area contributed by atoms with Crippen LogP contribution < -0.4 is 0 Å². The van der Waals surface area contributed by atoms with E-state index in [4.69, 9.17) is 14.2 Å². The highest BCUT2D eigenvalue weighted by Crippen LogP contribution is 2.43. The van der Waals surface area contributed by atoms with Crippen LogP contribution >= 0.6 is 0 Å². The van der Waals surface area contributed by atoms with Crippen molar-refractivity contribution in [3.8, 4) is 11.1 Å². The first-order chi connectivity index (χ1) is 23.4. The molecule has 2 saturated heterocycles. The van der Waals surface area contributed by atoms with Gasteiger partial charge in [-0.25, -0.2) is 0 Å². The van der Waals surface area contributed by atoms with E-state index in [0.29, 0.717) is 23.8 Å². The van der Waals surface area contributed by atoms with Crippen LogP contribution in [-0.2, 0) is 27.4 Å². The molecule has 0 saturated carbocycles. The molecule has 4 aromatic carbocycles. The number of likely N-dealkylation sites (tertiary alicyclic amines) is 1. The molecule has 2 fully saturated rings. The first-order valence-corrected chi connectivity index (χ1v) is 16.8. The van der Waals surface area contributed by atoms with Crippen LogP contribution in [0.5, 0.6) is 0 Å². The number of ether oxygens (including phenoxy) is 3. The van der Waals surface area contributed by atoms with Gasteiger partial charge >= 0.3 is 0 Å². The lowest BCUT2D eigenvalue weighted by Gasteiger charge is -2.43. The van der Waals surface area contributed by atoms with Crippen molar-refractivity contribution >= 4 is 11.8 Å². The van der Waals surface area contributed by atoms with E-state index in [1.807, 2.05) is 60.7 Å². The summed E-state index contributed by atoms with van der Waals surface area (Å²) in [6.45, 7) is 4.92. The van der Waals surface area contributed by atoms with Crippen molar-refractivity contribution in [3.63, 3.8) is 0 Å². The largest absolute Gasteiger partial charge is 0.392 e. The Bertz CT molecular complexity index is 1720. The fourth-order valence-corrected chi connectivity index (χ4v) is 7.39. The highest BCUT2D eigenvalue weighted by atomic mass is 16.7. The number of fused-ring (bicyclic) bond motifs is 1. The maximum absolute atomic E-state index is 13.1. The Morgan fingerprint density at radius 1 is 0.812 bits per heavy atom. The van der Waals surface area contributed by atoms with E-state index in [9.17, 15) is 14.7 Å². The maximum Gasteiger partial charge on any atom is 0.261 e. The Balaban J connectivity index is 1.13. The summed E-state index contributed by atoms with van der Waals surface area (Å²) in [4.78, 5) is 30.0. The number of hydrogen-bond acceptors (Lipinski definition) is 7. The molecule has 3 aliphatic rings. The highest BCUT2D eigenvalue weighted by Gasteiger charge is 2.41. The number of imide groups is 1. The second kappa shape index (κ2) is 14.1. The maximum atomic E-state index is 13.1. The molecule has 0 spiro atoms. The Labute approximate surface area is 281 Å². The number of carbonyl (C=O) groups excluding carboxylic acids is 2. The second-order valence-electron chi connectivity index (χ2n) is 13.1. The van der Waals surface area contributed by atoms with E-state index in [-0.39, 0.29) is 43.1 Å². The van der Waals surface area contributed by atoms with E-state index in [1.165, 1.54) is 4.90 Å². The van der Waals surface area contributed by atoms with Gasteiger partial charge in [0.2, 0.25) is 0 Å². The van der Waals surface area contributed by atoms with Crippen LogP contribution in [0, 0.1) is 5.92 Å². The average molecular weight is 647 g/mol. The van der Waals surface area contributed by atoms with Crippen molar-refractivity contribution in [1.82, 2.24) is 9.80 Å². The summed E-state index contributed by atoms with van der Waals surface area (Å²) in [7, 11) is 1.76. The van der Waals surface area contributed by atoms with Crippen LogP contribution in [0.15, 0.2) is 97.1 Å². The zero-order valence-electron chi connectivity index (χ0n) is 27.5. The Kier molecular flexibility index (Phi) is 9.52. The minimum absolute atomic E-state index is 0.000654. The van der Waals surface area contributed by atoms with E-state index < -0.39 is 6.29 Å². The summed E-state index contributed by atoms with van der Waals surface area (Å²) in [6.07, 6.45) is 1.45. The van der Waals surface area contributed by atoms with Crippen molar-refractivity contribution in [2.45, 2.75) is 57.5 Å². The second-order valence-corrected chi connectivity index (χ2v) is 13.1. The van der Waals surface area contributed by atoms with Crippen molar-refractivity contribution in [2.75, 3.05) is 26.8 Å². The summed E-state index contributed by atoms with van der Waals surface area (Å²) in [5.41, 5.74) is 6.57. The van der Waals surface area contributed by atoms with E-state index >= 15 is 0 Å². The van der Waals surface area contributed by atoms with Gasteiger partial charge in [-0.1, -0.05) is 91.9 Å². The molecule has 4 aromatic rings. The Hall–Kier alpha value is -4.18. The molecule has 8 heteroatoms. The molecule has 2 amide bonds. The lowest BCUT2D eigenvalue weighted by Crippen LogP contribution is -2.46. The van der Waals surface area contributed by atoms with Gasteiger partial charge in [0.25, 0.3) is 11.8 Å². The van der Waals surface area contributed by atoms with Gasteiger partial charge < -0.3 is 19.3 Å². The molecule has 248 valence electrons. The predicted molar refractivity (Wildman–Crippen MR) is 182 cm³/mol. The fraction of sp³-hybridized carbons (Fsp3) is 0.350. The van der Waals surface area contributed by atoms with Gasteiger partial charge in [-0.05, 0) is 59.3 Å². The average Bonchev–Trinajstić information content (AvgIpc) is 3.66. The first kappa shape index (κ1) is 32.4. The molecule has 0 aliphatic carbocycles. The molecule has 3 heterocycles. The molecule has 0 aromatic heterocycles. The number of carbonyl (C=O) groups is 2. The molecule has 3 aliphatic heterocycles. The molecule has 0 unspecified atom stereocenters. The minimum Gasteiger partial charge on any atom is -0.392 e. The number of rotatable bonds is 10. The number of hydrogen-bond donors (Lipinski definition) is 1. The third kappa shape index (κ3) is 6.34. The molecule has 0 bridgehead atoms. The van der Waals surface area contributed by atoms with E-state index in [1.54, 1.807) is 31.4 Å². The zero-order valence-corrected chi connectivity index (χ0v) is 27.5. The van der Waals surface area contributed by atoms with Crippen LogP contribution in [0.1, 0.15) is 75.1 Å². The quantitative estimate of drug-likeness (QED) is 0.196. The topological polar surface area (TPSA) is 88.5 Å². The number of methoxy groups -OCH3 is 1. The molecular formula is C40H42N2O6. The number of aliphatic hydroxyl groups is 1. The van der Waals surface area contributed by atoms with Gasteiger partial charge in [0.15, 0.2) is 6.29 Å². The third-order valence-electron chi connectivity index (χ3n) is 10.1. The fourth-order valence-electron chi connectivity index (χ4n) is 7.39. The molecule has 5 atom stereocenters. The molecule has 1 N–H and O–H groups in total. The van der Waals surface area contributed by atoms with Gasteiger partial charge in [-0.15, -0.1) is 0 Å². The summed E-state index contributed by atoms with van der Waals surface area (Å²) in [5, 5.41) is 9.61. The lowest BCUT2D eigenvalue weighted by atomic mass is 9.89. The van der Waals surface area contributed by atoms with Gasteiger partial charge in [0.1, 0.15) is 0 Å². The summed E-state index contributed by atoms with van der Waals surface area (Å²) < 4.78 is 19.0. The lowest BCUT2D eigenvalue weighted by molar-refractivity contribution is -0.276. The Morgan fingerprint density at radius 3 is 2.12 bits per heavy atom. The van der Waals surface area contributed by atoms with Crippen molar-refractivity contribution in [1.29, 1.82) is 0 Å². The smallest absolute Gasteiger partial charge is 0.261 e. The van der Waals surface area contributed by atoms with Crippen LogP contribution in [-0.4, -0.2) is 65.7 Å². The SMILES string of the molecule is COC[C@@H]1CCCN1C[C@@H]1O[C@H](c2ccc(-c3ccccc3CN3C(=O)c4ccccc4C3=O)cc2)O[C@H](c2ccc(CO)cc2)[C@@H]1C. The van der Waals surface area contributed by atoms with Crippen LogP contribution in [0.2, 0.25) is 0 Å². The molecule has 48 heavy (non-hydrogen) atoms. The van der Waals surface area contributed by atoms with Gasteiger partial charge in [-0.3, -0.25) is 19.4 Å². The third-order valence-corrected chi connectivity index (χ3v) is 10.1.